The van der Waals surface area contributed by atoms with Gasteiger partial charge in [0.15, 0.2) is 0 Å². The topological polar surface area (TPSA) is 61.8 Å². The van der Waals surface area contributed by atoms with Crippen LogP contribution in [0.15, 0.2) is 0 Å². The van der Waals surface area contributed by atoms with Gasteiger partial charge >= 0.3 is 6.09 Å². The van der Waals surface area contributed by atoms with Gasteiger partial charge in [0, 0.05) is 25.7 Å². The minimum atomic E-state index is -0.502. The molecule has 1 amide bonds. The largest absolute Gasteiger partial charge is 0.444 e. The first-order chi connectivity index (χ1) is 10.7. The summed E-state index contributed by atoms with van der Waals surface area (Å²) in [7, 11) is 0. The van der Waals surface area contributed by atoms with Gasteiger partial charge in [-0.1, -0.05) is 6.92 Å². The fourth-order valence-electron chi connectivity index (χ4n) is 3.58. The number of piperidine rings is 1. The van der Waals surface area contributed by atoms with Crippen molar-refractivity contribution >= 4 is 6.09 Å². The number of rotatable bonds is 3. The number of amides is 1. The highest BCUT2D eigenvalue weighted by molar-refractivity contribution is 5.68. The van der Waals surface area contributed by atoms with Crippen LogP contribution in [0.3, 0.4) is 0 Å². The quantitative estimate of drug-likeness (QED) is 0.837. The number of nitrogens with zero attached hydrogens (tertiary/aromatic N) is 1. The number of β-amino-alcohol motifs (C(OH)–C–C–N with tert-alkyl or cyclic N) is 1. The molecule has 0 bridgehead atoms. The van der Waals surface area contributed by atoms with E-state index in [1.165, 1.54) is 0 Å². The Kier molecular flexibility index (Phi) is 5.95. The summed E-state index contributed by atoms with van der Waals surface area (Å²) in [4.78, 5) is 14.2. The molecule has 1 aliphatic heterocycles. The smallest absolute Gasteiger partial charge is 0.407 e. The molecule has 1 heterocycles. The Balaban J connectivity index is 1.71. The summed E-state index contributed by atoms with van der Waals surface area (Å²) >= 11 is 0. The van der Waals surface area contributed by atoms with E-state index in [9.17, 15) is 9.90 Å². The van der Waals surface area contributed by atoms with E-state index in [2.05, 4.69) is 17.1 Å². The molecule has 0 unspecified atom stereocenters. The van der Waals surface area contributed by atoms with Gasteiger partial charge in [-0.15, -0.1) is 0 Å². The summed E-state index contributed by atoms with van der Waals surface area (Å²) in [5, 5.41) is 13.7. The lowest BCUT2D eigenvalue weighted by atomic mass is 9.79. The van der Waals surface area contributed by atoms with E-state index in [4.69, 9.17) is 4.74 Å². The number of ether oxygens (including phenoxy) is 1. The molecule has 0 aromatic carbocycles. The SMILES string of the molecule is CC1CCC(O)(CN2CCC(NC(=O)OC(C)(C)C)CC2)CC1. The molecule has 1 saturated carbocycles. The monoisotopic (exact) mass is 326 g/mol. The summed E-state index contributed by atoms with van der Waals surface area (Å²) in [5.74, 6) is 0.749. The number of carbonyl (C=O) groups is 1. The maximum absolute atomic E-state index is 11.8. The first-order valence-corrected chi connectivity index (χ1v) is 9.09. The zero-order valence-corrected chi connectivity index (χ0v) is 15.2. The fraction of sp³-hybridized carbons (Fsp3) is 0.944. The van der Waals surface area contributed by atoms with Crippen LogP contribution in [-0.4, -0.2) is 53.0 Å². The Labute approximate surface area is 140 Å². The normalized spacial score (nSPS) is 30.9. The molecular formula is C18H34N2O3. The third-order valence-electron chi connectivity index (χ3n) is 5.03. The van der Waals surface area contributed by atoms with Crippen molar-refractivity contribution in [2.24, 2.45) is 5.92 Å². The maximum Gasteiger partial charge on any atom is 0.407 e. The van der Waals surface area contributed by atoms with Crippen LogP contribution >= 0.6 is 0 Å². The van der Waals surface area contributed by atoms with Crippen LogP contribution in [0.2, 0.25) is 0 Å². The van der Waals surface area contributed by atoms with Crippen molar-refractivity contribution in [1.29, 1.82) is 0 Å². The highest BCUT2D eigenvalue weighted by Crippen LogP contribution is 2.32. The molecule has 0 spiro atoms. The Morgan fingerprint density at radius 1 is 1.22 bits per heavy atom. The lowest BCUT2D eigenvalue weighted by Gasteiger charge is -2.41. The summed E-state index contributed by atoms with van der Waals surface area (Å²) in [5.41, 5.74) is -0.954. The van der Waals surface area contributed by atoms with Gasteiger partial charge in [0.1, 0.15) is 5.60 Å². The standard InChI is InChI=1S/C18H34N2O3/c1-14-5-9-18(22,10-6-14)13-20-11-7-15(8-12-20)19-16(21)23-17(2,3)4/h14-15,22H,5-13H2,1-4H3,(H,19,21). The summed E-state index contributed by atoms with van der Waals surface area (Å²) < 4.78 is 5.31. The summed E-state index contributed by atoms with van der Waals surface area (Å²) in [6.07, 6.45) is 5.63. The number of alkyl carbamates (subject to hydrolysis) is 1. The molecule has 5 heteroatoms. The molecule has 0 atom stereocenters. The average molecular weight is 326 g/mol. The maximum atomic E-state index is 11.8. The average Bonchev–Trinajstić information content (AvgIpc) is 2.43. The van der Waals surface area contributed by atoms with Crippen molar-refractivity contribution in [3.8, 4) is 0 Å². The second kappa shape index (κ2) is 7.39. The van der Waals surface area contributed by atoms with Crippen LogP contribution < -0.4 is 5.32 Å². The molecular weight excluding hydrogens is 292 g/mol. The van der Waals surface area contributed by atoms with Crippen LogP contribution in [0.25, 0.3) is 0 Å². The molecule has 1 saturated heterocycles. The second-order valence-electron chi connectivity index (χ2n) is 8.60. The van der Waals surface area contributed by atoms with Gasteiger partial charge in [0.05, 0.1) is 5.60 Å². The van der Waals surface area contributed by atoms with E-state index in [1.54, 1.807) is 0 Å². The minimum absolute atomic E-state index is 0.183. The number of hydrogen-bond donors (Lipinski definition) is 2. The van der Waals surface area contributed by atoms with E-state index >= 15 is 0 Å². The molecule has 23 heavy (non-hydrogen) atoms. The number of nitrogens with one attached hydrogen (secondary N) is 1. The van der Waals surface area contributed by atoms with Gasteiger partial charge in [-0.25, -0.2) is 4.79 Å². The van der Waals surface area contributed by atoms with E-state index in [-0.39, 0.29) is 12.1 Å². The molecule has 2 rings (SSSR count). The van der Waals surface area contributed by atoms with Crippen LogP contribution in [0, 0.1) is 5.92 Å². The zero-order chi connectivity index (χ0) is 17.1. The van der Waals surface area contributed by atoms with Gasteiger partial charge in [0.2, 0.25) is 0 Å². The van der Waals surface area contributed by atoms with Crippen LogP contribution in [-0.2, 0) is 4.74 Å². The molecule has 0 aromatic rings. The molecule has 134 valence electrons. The summed E-state index contributed by atoms with van der Waals surface area (Å²) in [6.45, 7) is 10.5. The number of likely N-dealkylation sites (tertiary alicyclic amines) is 1. The first kappa shape index (κ1) is 18.5. The zero-order valence-electron chi connectivity index (χ0n) is 15.2. The molecule has 2 N–H and O–H groups in total. The van der Waals surface area contributed by atoms with Crippen LogP contribution in [0.5, 0.6) is 0 Å². The molecule has 5 nitrogen and oxygen atoms in total. The Bertz CT molecular complexity index is 390. The Hall–Kier alpha value is -0.810. The molecule has 2 aliphatic rings. The van der Waals surface area contributed by atoms with Crippen molar-refractivity contribution in [3.05, 3.63) is 0 Å². The molecule has 0 aromatic heterocycles. The highest BCUT2D eigenvalue weighted by Gasteiger charge is 2.34. The predicted molar refractivity (Wildman–Crippen MR) is 91.4 cm³/mol. The van der Waals surface area contributed by atoms with E-state index in [0.717, 1.165) is 64.1 Å². The number of aliphatic hydroxyl groups is 1. The van der Waals surface area contributed by atoms with Crippen molar-refractivity contribution < 1.29 is 14.6 Å². The second-order valence-corrected chi connectivity index (χ2v) is 8.60. The first-order valence-electron chi connectivity index (χ1n) is 9.09. The molecule has 2 fully saturated rings. The lowest BCUT2D eigenvalue weighted by molar-refractivity contribution is -0.0398. The van der Waals surface area contributed by atoms with Gasteiger partial charge in [-0.05, 0) is 65.2 Å². The Morgan fingerprint density at radius 2 is 1.78 bits per heavy atom. The van der Waals surface area contributed by atoms with Gasteiger partial charge in [-0.3, -0.25) is 0 Å². The van der Waals surface area contributed by atoms with Gasteiger partial charge in [0.25, 0.3) is 0 Å². The van der Waals surface area contributed by atoms with Crippen molar-refractivity contribution in [2.75, 3.05) is 19.6 Å². The van der Waals surface area contributed by atoms with E-state index in [1.807, 2.05) is 20.8 Å². The highest BCUT2D eigenvalue weighted by atomic mass is 16.6. The molecule has 0 radical (unpaired) electrons. The van der Waals surface area contributed by atoms with E-state index in [0.29, 0.717) is 0 Å². The summed E-state index contributed by atoms with van der Waals surface area (Å²) in [6, 6.07) is 0.183. The van der Waals surface area contributed by atoms with Crippen LogP contribution in [0.4, 0.5) is 4.79 Å². The number of hydrogen-bond acceptors (Lipinski definition) is 4. The van der Waals surface area contributed by atoms with E-state index < -0.39 is 11.2 Å². The van der Waals surface area contributed by atoms with Crippen molar-refractivity contribution in [1.82, 2.24) is 10.2 Å². The van der Waals surface area contributed by atoms with Crippen molar-refractivity contribution in [3.63, 3.8) is 0 Å². The van der Waals surface area contributed by atoms with Gasteiger partial charge in [-0.2, -0.15) is 0 Å². The predicted octanol–water partition coefficient (Wildman–Crippen LogP) is 2.92. The Morgan fingerprint density at radius 3 is 2.30 bits per heavy atom. The van der Waals surface area contributed by atoms with Gasteiger partial charge < -0.3 is 20.1 Å². The minimum Gasteiger partial charge on any atom is -0.444 e. The molecule has 1 aliphatic carbocycles. The lowest BCUT2D eigenvalue weighted by Crippen LogP contribution is -2.51. The number of carbonyl (C=O) groups excluding carboxylic acids is 1. The third kappa shape index (κ3) is 6.30. The van der Waals surface area contributed by atoms with Crippen LogP contribution in [0.1, 0.15) is 66.2 Å². The van der Waals surface area contributed by atoms with Crippen molar-refractivity contribution in [2.45, 2.75) is 83.5 Å². The third-order valence-corrected chi connectivity index (χ3v) is 5.03. The fourth-order valence-corrected chi connectivity index (χ4v) is 3.58.